The first-order valence-electron chi connectivity index (χ1n) is 9.18. The summed E-state index contributed by atoms with van der Waals surface area (Å²) in [6.45, 7) is 4.19. The summed E-state index contributed by atoms with van der Waals surface area (Å²) in [5.41, 5.74) is 0.675. The second-order valence-electron chi connectivity index (χ2n) is 7.58. The fourth-order valence-electron chi connectivity index (χ4n) is 3.57. The summed E-state index contributed by atoms with van der Waals surface area (Å²) in [5, 5.41) is 7.79. The SMILES string of the molecule is CC(C)(NC1C=CNC(c2c[nH]c3ncc(Cl)cc23)=N1)C(=O)N1CC[C@H](F)C1. The molecule has 0 saturated carbocycles. The number of hydrogen-bond donors (Lipinski definition) is 3. The Kier molecular flexibility index (Phi) is 4.84. The number of aromatic amines is 1. The van der Waals surface area contributed by atoms with Gasteiger partial charge in [-0.15, -0.1) is 0 Å². The number of likely N-dealkylation sites (tertiary alicyclic amines) is 1. The number of aromatic nitrogens is 2. The highest BCUT2D eigenvalue weighted by atomic mass is 35.5. The number of halogens is 2. The van der Waals surface area contributed by atoms with E-state index in [4.69, 9.17) is 11.6 Å². The van der Waals surface area contributed by atoms with Crippen molar-refractivity contribution in [3.8, 4) is 0 Å². The Morgan fingerprint density at radius 1 is 1.46 bits per heavy atom. The average molecular weight is 405 g/mol. The molecule has 0 bridgehead atoms. The number of aliphatic imine (C=N–C) groups is 1. The first-order chi connectivity index (χ1) is 13.3. The zero-order chi connectivity index (χ0) is 19.9. The van der Waals surface area contributed by atoms with Crippen LogP contribution >= 0.6 is 11.6 Å². The molecule has 2 aliphatic heterocycles. The Bertz CT molecular complexity index is 968. The molecule has 1 amide bonds. The molecule has 0 radical (unpaired) electrons. The van der Waals surface area contributed by atoms with Crippen LogP contribution in [0.1, 0.15) is 25.8 Å². The predicted octanol–water partition coefficient (Wildman–Crippen LogP) is 2.34. The van der Waals surface area contributed by atoms with Crippen molar-refractivity contribution < 1.29 is 9.18 Å². The van der Waals surface area contributed by atoms with E-state index in [2.05, 4.69) is 25.6 Å². The summed E-state index contributed by atoms with van der Waals surface area (Å²) in [6, 6.07) is 1.83. The van der Waals surface area contributed by atoms with Crippen molar-refractivity contribution in [2.24, 2.45) is 4.99 Å². The molecule has 2 aromatic heterocycles. The van der Waals surface area contributed by atoms with Crippen LogP contribution in [0, 0.1) is 0 Å². The van der Waals surface area contributed by atoms with Gasteiger partial charge >= 0.3 is 0 Å². The number of nitrogens with zero attached hydrogens (tertiary/aromatic N) is 3. The van der Waals surface area contributed by atoms with Gasteiger partial charge in [-0.3, -0.25) is 10.1 Å². The monoisotopic (exact) mass is 404 g/mol. The van der Waals surface area contributed by atoms with Crippen LogP contribution in [-0.2, 0) is 4.79 Å². The Morgan fingerprint density at radius 3 is 3.04 bits per heavy atom. The van der Waals surface area contributed by atoms with Gasteiger partial charge in [0.15, 0.2) is 0 Å². The lowest BCUT2D eigenvalue weighted by Crippen LogP contribution is -2.56. The molecule has 1 fully saturated rings. The van der Waals surface area contributed by atoms with Crippen LogP contribution in [0.3, 0.4) is 0 Å². The lowest BCUT2D eigenvalue weighted by Gasteiger charge is -2.32. The molecular formula is C19H22ClFN6O. The van der Waals surface area contributed by atoms with Crippen LogP contribution in [-0.4, -0.2) is 57.6 Å². The molecule has 2 aliphatic rings. The van der Waals surface area contributed by atoms with Gasteiger partial charge in [0.1, 0.15) is 23.8 Å². The molecule has 2 atom stereocenters. The number of pyridine rings is 1. The standard InChI is InChI=1S/C19H22ClFN6O/c1-19(2,18(28)27-6-4-12(21)10-27)26-15-3-5-22-17(25-15)14-9-24-16-13(14)7-11(20)8-23-16/h3,5,7-9,12,15,26H,4,6,10H2,1-2H3,(H,22,25)(H,23,24)/t12-,15?/m0/s1. The van der Waals surface area contributed by atoms with Crippen LogP contribution in [0.25, 0.3) is 11.0 Å². The average Bonchev–Trinajstić information content (AvgIpc) is 3.26. The molecule has 0 aliphatic carbocycles. The van der Waals surface area contributed by atoms with Crippen molar-refractivity contribution in [1.82, 2.24) is 25.5 Å². The number of carbonyl (C=O) groups excluding carboxylic acids is 1. The zero-order valence-electron chi connectivity index (χ0n) is 15.7. The van der Waals surface area contributed by atoms with E-state index in [1.54, 1.807) is 31.1 Å². The zero-order valence-corrected chi connectivity index (χ0v) is 16.4. The number of H-pyrrole nitrogens is 1. The molecule has 3 N–H and O–H groups in total. The summed E-state index contributed by atoms with van der Waals surface area (Å²) in [7, 11) is 0. The van der Waals surface area contributed by atoms with E-state index in [1.165, 1.54) is 0 Å². The topological polar surface area (TPSA) is 85.4 Å². The fourth-order valence-corrected chi connectivity index (χ4v) is 3.73. The van der Waals surface area contributed by atoms with E-state index in [9.17, 15) is 9.18 Å². The van der Waals surface area contributed by atoms with E-state index in [0.717, 1.165) is 10.9 Å². The van der Waals surface area contributed by atoms with Gasteiger partial charge in [-0.1, -0.05) is 11.6 Å². The molecule has 2 aromatic rings. The second kappa shape index (κ2) is 7.18. The number of fused-ring (bicyclic) bond motifs is 1. The van der Waals surface area contributed by atoms with Gasteiger partial charge < -0.3 is 15.2 Å². The molecule has 4 rings (SSSR count). The van der Waals surface area contributed by atoms with Crippen molar-refractivity contribution in [3.05, 3.63) is 41.3 Å². The minimum Gasteiger partial charge on any atom is -0.347 e. The maximum Gasteiger partial charge on any atom is 0.242 e. The fraction of sp³-hybridized carbons (Fsp3) is 0.421. The highest BCUT2D eigenvalue weighted by Crippen LogP contribution is 2.22. The second-order valence-corrected chi connectivity index (χ2v) is 8.02. The van der Waals surface area contributed by atoms with Gasteiger partial charge in [0, 0.05) is 36.1 Å². The Morgan fingerprint density at radius 2 is 2.29 bits per heavy atom. The lowest BCUT2D eigenvalue weighted by atomic mass is 10.0. The molecule has 0 aromatic carbocycles. The number of amidine groups is 1. The van der Waals surface area contributed by atoms with E-state index in [0.29, 0.717) is 29.5 Å². The third kappa shape index (κ3) is 3.62. The van der Waals surface area contributed by atoms with Crippen molar-refractivity contribution in [1.29, 1.82) is 0 Å². The molecule has 4 heterocycles. The van der Waals surface area contributed by atoms with Crippen LogP contribution in [0.2, 0.25) is 5.02 Å². The maximum absolute atomic E-state index is 13.5. The van der Waals surface area contributed by atoms with Crippen molar-refractivity contribution in [2.45, 2.75) is 38.1 Å². The predicted molar refractivity (Wildman–Crippen MR) is 107 cm³/mol. The Labute approximate surface area is 167 Å². The van der Waals surface area contributed by atoms with Gasteiger partial charge in [0.05, 0.1) is 17.1 Å². The first kappa shape index (κ1) is 18.9. The van der Waals surface area contributed by atoms with Crippen LogP contribution in [0.5, 0.6) is 0 Å². The minimum atomic E-state index is -0.939. The highest BCUT2D eigenvalue weighted by molar-refractivity contribution is 6.31. The summed E-state index contributed by atoms with van der Waals surface area (Å²) in [6.07, 6.45) is 6.07. The Balaban J connectivity index is 1.54. The first-order valence-corrected chi connectivity index (χ1v) is 9.56. The highest BCUT2D eigenvalue weighted by Gasteiger charge is 2.37. The quantitative estimate of drug-likeness (QED) is 0.730. The summed E-state index contributed by atoms with van der Waals surface area (Å²) < 4.78 is 13.5. The van der Waals surface area contributed by atoms with Crippen molar-refractivity contribution in [2.75, 3.05) is 13.1 Å². The molecule has 0 spiro atoms. The number of carbonyl (C=O) groups is 1. The summed E-state index contributed by atoms with van der Waals surface area (Å²) >= 11 is 6.08. The third-order valence-electron chi connectivity index (χ3n) is 4.98. The summed E-state index contributed by atoms with van der Waals surface area (Å²) in [5.74, 6) is 0.517. The smallest absolute Gasteiger partial charge is 0.242 e. The van der Waals surface area contributed by atoms with Crippen LogP contribution in [0.4, 0.5) is 4.39 Å². The van der Waals surface area contributed by atoms with Crippen molar-refractivity contribution >= 4 is 34.4 Å². The molecule has 7 nitrogen and oxygen atoms in total. The Hall–Kier alpha value is -2.45. The number of hydrogen-bond acceptors (Lipinski definition) is 5. The van der Waals surface area contributed by atoms with Gasteiger partial charge in [0.2, 0.25) is 5.91 Å². The van der Waals surface area contributed by atoms with Crippen LogP contribution in [0.15, 0.2) is 35.7 Å². The normalized spacial score (nSPS) is 22.4. The number of alkyl halides is 1. The van der Waals surface area contributed by atoms with Gasteiger partial charge in [-0.2, -0.15) is 0 Å². The molecule has 1 saturated heterocycles. The van der Waals surface area contributed by atoms with Crippen LogP contribution < -0.4 is 10.6 Å². The molecule has 148 valence electrons. The molecule has 9 heteroatoms. The lowest BCUT2D eigenvalue weighted by molar-refractivity contribution is -0.136. The molecule has 28 heavy (non-hydrogen) atoms. The number of amides is 1. The third-order valence-corrected chi connectivity index (χ3v) is 5.19. The van der Waals surface area contributed by atoms with Gasteiger partial charge in [-0.25, -0.2) is 14.4 Å². The summed E-state index contributed by atoms with van der Waals surface area (Å²) in [4.78, 5) is 26.4. The molecular weight excluding hydrogens is 383 g/mol. The molecule has 1 unspecified atom stereocenters. The van der Waals surface area contributed by atoms with E-state index in [-0.39, 0.29) is 12.5 Å². The number of nitrogens with one attached hydrogen (secondary N) is 3. The van der Waals surface area contributed by atoms with Gasteiger partial charge in [0.25, 0.3) is 0 Å². The number of rotatable bonds is 4. The van der Waals surface area contributed by atoms with Gasteiger partial charge in [-0.05, 0) is 32.4 Å². The maximum atomic E-state index is 13.5. The van der Waals surface area contributed by atoms with E-state index in [1.807, 2.05) is 18.3 Å². The van der Waals surface area contributed by atoms with E-state index < -0.39 is 17.9 Å². The van der Waals surface area contributed by atoms with E-state index >= 15 is 0 Å². The minimum absolute atomic E-state index is 0.126. The largest absolute Gasteiger partial charge is 0.347 e. The van der Waals surface area contributed by atoms with Crippen molar-refractivity contribution in [3.63, 3.8) is 0 Å².